The van der Waals surface area contributed by atoms with E-state index in [4.69, 9.17) is 5.11 Å². The van der Waals surface area contributed by atoms with E-state index in [1.807, 2.05) is 31.4 Å². The number of aromatic nitrogens is 5. The maximum Gasteiger partial charge on any atom is 0.248 e. The number of aliphatic hydroxyl groups is 1. The molecule has 4 heterocycles. The van der Waals surface area contributed by atoms with Crippen molar-refractivity contribution in [3.63, 3.8) is 0 Å². The molecule has 0 unspecified atom stereocenters. The number of fused-ring (bicyclic) bond motifs is 1. The molecule has 1 aliphatic rings. The minimum absolute atomic E-state index is 0.0310. The van der Waals surface area contributed by atoms with Crippen molar-refractivity contribution in [1.29, 1.82) is 0 Å². The van der Waals surface area contributed by atoms with Crippen molar-refractivity contribution >= 4 is 28.7 Å². The minimum Gasteiger partial charge on any atom is -0.387 e. The average molecular weight is 551 g/mol. The average Bonchev–Trinajstić information content (AvgIpc) is 3.30. The first kappa shape index (κ1) is 27.5. The molecule has 12 heteroatoms. The van der Waals surface area contributed by atoms with Gasteiger partial charge in [-0.3, -0.25) is 9.69 Å². The minimum atomic E-state index is -0.672. The number of nitrogens with zero attached hydrogens (tertiary/aromatic N) is 7. The van der Waals surface area contributed by atoms with E-state index in [2.05, 4.69) is 37.1 Å². The molecule has 0 bridgehead atoms. The number of hydrogen-bond donors (Lipinski definition) is 2. The van der Waals surface area contributed by atoms with E-state index in [1.54, 1.807) is 23.2 Å². The highest BCUT2D eigenvalue weighted by Gasteiger charge is 2.24. The topological polar surface area (TPSA) is 112 Å². The molecule has 1 saturated heterocycles. The van der Waals surface area contributed by atoms with E-state index in [-0.39, 0.29) is 40.7 Å². The van der Waals surface area contributed by atoms with Gasteiger partial charge < -0.3 is 19.9 Å². The van der Waals surface area contributed by atoms with Crippen molar-refractivity contribution in [3.05, 3.63) is 59.7 Å². The van der Waals surface area contributed by atoms with Gasteiger partial charge in [-0.1, -0.05) is 6.07 Å². The summed E-state index contributed by atoms with van der Waals surface area (Å²) in [5, 5.41) is 12.1. The van der Waals surface area contributed by atoms with Gasteiger partial charge in [-0.25, -0.2) is 28.7 Å². The maximum absolute atomic E-state index is 15.0. The molecule has 4 aromatic rings. The zero-order valence-electron chi connectivity index (χ0n) is 22.9. The Morgan fingerprint density at radius 2 is 1.77 bits per heavy atom. The van der Waals surface area contributed by atoms with Crippen LogP contribution in [0.2, 0.25) is 0 Å². The maximum atomic E-state index is 15.0. The SMILES string of the molecule is Cc1nc2c(F)cc(-c3nc(Nc4ccc([C@@H](C)N5CCN(C(=O)CO)CC5)cn4)ncc3F)cc2n1C(C)C. The third-order valence-electron chi connectivity index (χ3n) is 7.32. The highest BCUT2D eigenvalue weighted by atomic mass is 19.1. The van der Waals surface area contributed by atoms with Crippen molar-refractivity contribution < 1.29 is 18.7 Å². The lowest BCUT2D eigenvalue weighted by Gasteiger charge is -2.38. The Hall–Kier alpha value is -4.03. The van der Waals surface area contributed by atoms with Crippen molar-refractivity contribution in [1.82, 2.24) is 34.3 Å². The molecule has 0 radical (unpaired) electrons. The quantitative estimate of drug-likeness (QED) is 0.355. The van der Waals surface area contributed by atoms with E-state index in [0.717, 1.165) is 11.8 Å². The van der Waals surface area contributed by atoms with Crippen LogP contribution in [-0.2, 0) is 4.79 Å². The molecule has 0 spiro atoms. The van der Waals surface area contributed by atoms with Gasteiger partial charge in [0.25, 0.3) is 0 Å². The van der Waals surface area contributed by atoms with Crippen LogP contribution in [0.4, 0.5) is 20.5 Å². The first-order chi connectivity index (χ1) is 19.2. The lowest BCUT2D eigenvalue weighted by molar-refractivity contribution is -0.136. The van der Waals surface area contributed by atoms with Crippen LogP contribution in [0.15, 0.2) is 36.7 Å². The summed E-state index contributed by atoms with van der Waals surface area (Å²) in [5.41, 5.74) is 2.06. The molecule has 0 aliphatic carbocycles. The third kappa shape index (κ3) is 5.36. The number of nitrogens with one attached hydrogen (secondary N) is 1. The zero-order chi connectivity index (χ0) is 28.6. The van der Waals surface area contributed by atoms with Crippen molar-refractivity contribution in [2.24, 2.45) is 0 Å². The molecule has 1 fully saturated rings. The summed E-state index contributed by atoms with van der Waals surface area (Å²) < 4.78 is 31.7. The third-order valence-corrected chi connectivity index (χ3v) is 7.32. The second kappa shape index (κ2) is 11.2. The Morgan fingerprint density at radius 1 is 1.02 bits per heavy atom. The molecule has 1 aromatic carbocycles. The smallest absolute Gasteiger partial charge is 0.248 e. The lowest BCUT2D eigenvalue weighted by atomic mass is 10.1. The number of halogens is 2. The number of carbonyl (C=O) groups excluding carboxylic acids is 1. The first-order valence-electron chi connectivity index (χ1n) is 13.2. The Balaban J connectivity index is 1.33. The summed E-state index contributed by atoms with van der Waals surface area (Å²) in [7, 11) is 0. The van der Waals surface area contributed by atoms with Gasteiger partial charge in [0, 0.05) is 50.0 Å². The van der Waals surface area contributed by atoms with E-state index in [9.17, 15) is 13.6 Å². The molecule has 210 valence electrons. The van der Waals surface area contributed by atoms with E-state index in [0.29, 0.717) is 43.3 Å². The number of amides is 1. The monoisotopic (exact) mass is 550 g/mol. The van der Waals surface area contributed by atoms with Gasteiger partial charge in [0.15, 0.2) is 11.6 Å². The van der Waals surface area contributed by atoms with E-state index < -0.39 is 18.2 Å². The molecule has 5 rings (SSSR count). The highest BCUT2D eigenvalue weighted by molar-refractivity contribution is 5.83. The highest BCUT2D eigenvalue weighted by Crippen LogP contribution is 2.30. The Morgan fingerprint density at radius 3 is 2.42 bits per heavy atom. The van der Waals surface area contributed by atoms with Gasteiger partial charge in [-0.05, 0) is 51.5 Å². The van der Waals surface area contributed by atoms with Gasteiger partial charge in [-0.15, -0.1) is 0 Å². The van der Waals surface area contributed by atoms with Crippen LogP contribution in [0.25, 0.3) is 22.3 Å². The normalized spacial score (nSPS) is 15.2. The molecular weight excluding hydrogens is 518 g/mol. The van der Waals surface area contributed by atoms with Crippen LogP contribution in [0.5, 0.6) is 0 Å². The Kier molecular flexibility index (Phi) is 7.72. The lowest BCUT2D eigenvalue weighted by Crippen LogP contribution is -2.50. The van der Waals surface area contributed by atoms with Crippen molar-refractivity contribution in [3.8, 4) is 11.3 Å². The van der Waals surface area contributed by atoms with Crippen LogP contribution < -0.4 is 5.32 Å². The number of carbonyl (C=O) groups is 1. The van der Waals surface area contributed by atoms with Gasteiger partial charge >= 0.3 is 0 Å². The number of aliphatic hydroxyl groups excluding tert-OH is 1. The predicted octanol–water partition coefficient (Wildman–Crippen LogP) is 4.00. The molecule has 1 aliphatic heterocycles. The first-order valence-corrected chi connectivity index (χ1v) is 13.2. The summed E-state index contributed by atoms with van der Waals surface area (Å²) in [5.74, 6) is -0.191. The fourth-order valence-electron chi connectivity index (χ4n) is 5.20. The Labute approximate surface area is 230 Å². The molecule has 3 aromatic heterocycles. The van der Waals surface area contributed by atoms with E-state index in [1.165, 1.54) is 6.07 Å². The summed E-state index contributed by atoms with van der Waals surface area (Å²) in [6, 6.07) is 6.79. The molecule has 1 atom stereocenters. The number of imidazole rings is 1. The summed E-state index contributed by atoms with van der Waals surface area (Å²) in [6.07, 6.45) is 2.80. The van der Waals surface area contributed by atoms with Gasteiger partial charge in [0.1, 0.15) is 29.5 Å². The van der Waals surface area contributed by atoms with Gasteiger partial charge in [0.2, 0.25) is 11.9 Å². The molecule has 2 N–H and O–H groups in total. The largest absolute Gasteiger partial charge is 0.387 e. The van der Waals surface area contributed by atoms with Crippen LogP contribution in [-0.4, -0.2) is 78.1 Å². The van der Waals surface area contributed by atoms with Crippen LogP contribution in [0.3, 0.4) is 0 Å². The van der Waals surface area contributed by atoms with Crippen LogP contribution in [0, 0.1) is 18.6 Å². The number of piperazine rings is 1. The van der Waals surface area contributed by atoms with Crippen LogP contribution >= 0.6 is 0 Å². The zero-order valence-corrected chi connectivity index (χ0v) is 22.9. The van der Waals surface area contributed by atoms with Gasteiger partial charge in [0.05, 0.1) is 11.7 Å². The van der Waals surface area contributed by atoms with Crippen LogP contribution in [0.1, 0.15) is 44.2 Å². The molecule has 0 saturated carbocycles. The summed E-state index contributed by atoms with van der Waals surface area (Å²) >= 11 is 0. The van der Waals surface area contributed by atoms with E-state index >= 15 is 0 Å². The number of benzene rings is 1. The molecule has 1 amide bonds. The summed E-state index contributed by atoms with van der Waals surface area (Å²) in [6.45, 7) is 9.90. The standard InChI is InChI=1S/C28H32F2N8O2/c1-16(2)38-18(4)33-27-21(29)11-20(12-23(27)38)26-22(30)14-32-28(35-26)34-24-6-5-19(13-31-24)17(3)36-7-9-37(10-8-36)25(40)15-39/h5-6,11-14,16-17,39H,7-10,15H2,1-4H3,(H,31,32,34,35)/t17-/m1/s1. The fraction of sp³-hybridized carbons (Fsp3) is 0.393. The second-order valence-electron chi connectivity index (χ2n) is 10.2. The fourth-order valence-corrected chi connectivity index (χ4v) is 5.20. The van der Waals surface area contributed by atoms with Gasteiger partial charge in [-0.2, -0.15) is 0 Å². The Bertz CT molecular complexity index is 1530. The second-order valence-corrected chi connectivity index (χ2v) is 10.2. The number of anilines is 2. The molecule has 40 heavy (non-hydrogen) atoms. The molecule has 10 nitrogen and oxygen atoms in total. The number of rotatable bonds is 7. The summed E-state index contributed by atoms with van der Waals surface area (Å²) in [4.78, 5) is 32.8. The number of hydrogen-bond acceptors (Lipinski definition) is 8. The van der Waals surface area contributed by atoms with Crippen molar-refractivity contribution in [2.75, 3.05) is 38.1 Å². The number of aryl methyl sites for hydroxylation is 1. The predicted molar refractivity (Wildman–Crippen MR) is 147 cm³/mol. The number of pyridine rings is 1. The molecular formula is C28H32F2N8O2. The van der Waals surface area contributed by atoms with Crippen molar-refractivity contribution in [2.45, 2.75) is 39.8 Å².